The lowest BCUT2D eigenvalue weighted by Gasteiger charge is -2.09. The lowest BCUT2D eigenvalue weighted by molar-refractivity contribution is -0.115. The van der Waals surface area contributed by atoms with E-state index in [1.54, 1.807) is 16.8 Å². The van der Waals surface area contributed by atoms with Gasteiger partial charge in [0.05, 0.1) is 6.42 Å². The van der Waals surface area contributed by atoms with Gasteiger partial charge in [0.25, 0.3) is 5.56 Å². The molecule has 1 amide bonds. The highest BCUT2D eigenvalue weighted by atomic mass is 16.1. The molecule has 0 aliphatic carbocycles. The third-order valence-electron chi connectivity index (χ3n) is 6.12. The van der Waals surface area contributed by atoms with Gasteiger partial charge in [-0.2, -0.15) is 0 Å². The average molecular weight is 496 g/mol. The number of unbranched alkanes of at least 4 members (excludes halogenated alkanes) is 1. The normalized spacial score (nSPS) is 11.4. The van der Waals surface area contributed by atoms with Crippen molar-refractivity contribution >= 4 is 23.5 Å². The number of amides is 1. The zero-order chi connectivity index (χ0) is 26.0. The Morgan fingerprint density at radius 2 is 1.65 bits per heavy atom. The van der Waals surface area contributed by atoms with Crippen LogP contribution in [0.3, 0.4) is 0 Å². The van der Waals surface area contributed by atoms with Crippen LogP contribution in [0.15, 0.2) is 95.6 Å². The van der Waals surface area contributed by atoms with E-state index in [1.807, 2.05) is 60.7 Å². The van der Waals surface area contributed by atoms with E-state index in [0.29, 0.717) is 24.5 Å². The molecule has 4 aromatic rings. The molecule has 2 aromatic carbocycles. The van der Waals surface area contributed by atoms with Gasteiger partial charge in [0.2, 0.25) is 5.91 Å². The van der Waals surface area contributed by atoms with E-state index < -0.39 is 0 Å². The van der Waals surface area contributed by atoms with Crippen LogP contribution in [0.25, 0.3) is 6.08 Å². The number of nitrogens with two attached hydrogens (primary N) is 2. The van der Waals surface area contributed by atoms with Crippen molar-refractivity contribution in [3.63, 3.8) is 0 Å². The second-order valence-corrected chi connectivity index (χ2v) is 9.16. The average Bonchev–Trinajstić information content (AvgIpc) is 3.22. The molecule has 37 heavy (non-hydrogen) atoms. The predicted molar refractivity (Wildman–Crippen MR) is 150 cm³/mol. The Labute approximate surface area is 216 Å². The van der Waals surface area contributed by atoms with Crippen molar-refractivity contribution in [3.05, 3.63) is 123 Å². The smallest absolute Gasteiger partial charge is 0.252 e. The van der Waals surface area contributed by atoms with Gasteiger partial charge in [0.15, 0.2) is 0 Å². The molecule has 0 atom stereocenters. The lowest BCUT2D eigenvalue weighted by Crippen LogP contribution is -2.21. The van der Waals surface area contributed by atoms with Crippen LogP contribution >= 0.6 is 0 Å². The van der Waals surface area contributed by atoms with E-state index in [2.05, 4.69) is 22.4 Å². The fourth-order valence-corrected chi connectivity index (χ4v) is 4.22. The van der Waals surface area contributed by atoms with Crippen molar-refractivity contribution in [2.75, 3.05) is 11.1 Å². The summed E-state index contributed by atoms with van der Waals surface area (Å²) in [6, 6.07) is 25.0. The Kier molecular flexibility index (Phi) is 8.60. The van der Waals surface area contributed by atoms with Crippen LogP contribution in [0.5, 0.6) is 0 Å². The highest BCUT2D eigenvalue weighted by molar-refractivity contribution is 5.92. The Morgan fingerprint density at radius 3 is 2.35 bits per heavy atom. The molecule has 0 fully saturated rings. The summed E-state index contributed by atoms with van der Waals surface area (Å²) in [5.41, 5.74) is 17.6. The third-order valence-corrected chi connectivity index (χ3v) is 6.12. The van der Waals surface area contributed by atoms with E-state index in [4.69, 9.17) is 11.5 Å². The molecule has 0 saturated heterocycles. The maximum atomic E-state index is 12.5. The fraction of sp³-hybridized carbons (Fsp3) is 0.200. The van der Waals surface area contributed by atoms with Crippen molar-refractivity contribution in [3.8, 4) is 0 Å². The van der Waals surface area contributed by atoms with Crippen LogP contribution in [-0.2, 0) is 24.2 Å². The Hall–Kier alpha value is -4.52. The molecule has 2 heterocycles. The first-order valence-corrected chi connectivity index (χ1v) is 12.5. The standard InChI is InChI=1S/C30H33N5O2/c31-25(19-24-20-27(34-30(24)32)17-22-9-3-1-4-10-22)13-7-8-15-35-16-14-26(21-29(35)37)33-28(36)18-23-11-5-2-6-12-23/h1-6,9-12,14,16,19-21,34H,7-8,13,15,17-18,31-32H2,(H,33,36)/b25-19-. The lowest BCUT2D eigenvalue weighted by atomic mass is 10.1. The van der Waals surface area contributed by atoms with Gasteiger partial charge in [0.1, 0.15) is 5.82 Å². The largest absolute Gasteiger partial charge is 0.402 e. The van der Waals surface area contributed by atoms with Crippen LogP contribution in [0.1, 0.15) is 41.6 Å². The molecule has 4 rings (SSSR count). The number of aryl methyl sites for hydroxylation is 1. The van der Waals surface area contributed by atoms with Crippen LogP contribution < -0.4 is 22.3 Å². The van der Waals surface area contributed by atoms with Gasteiger partial charge in [-0.3, -0.25) is 9.59 Å². The number of nitrogen functional groups attached to an aromatic ring is 1. The molecule has 2 aromatic heterocycles. The summed E-state index contributed by atoms with van der Waals surface area (Å²) < 4.78 is 1.65. The number of aromatic nitrogens is 2. The summed E-state index contributed by atoms with van der Waals surface area (Å²) in [7, 11) is 0. The van der Waals surface area contributed by atoms with Gasteiger partial charge in [-0.15, -0.1) is 0 Å². The zero-order valence-electron chi connectivity index (χ0n) is 20.8. The van der Waals surface area contributed by atoms with Gasteiger partial charge < -0.3 is 26.3 Å². The SMILES string of the molecule is N/C(=C\c1cc(Cc2ccccc2)[nH]c1N)CCCCn1ccc(NC(=O)Cc2ccccc2)cc1=O. The fourth-order valence-electron chi connectivity index (χ4n) is 4.22. The molecular formula is C30H33N5O2. The number of nitrogens with zero attached hydrogens (tertiary/aromatic N) is 1. The molecule has 0 aliphatic heterocycles. The number of pyridine rings is 1. The Bertz CT molecular complexity index is 1400. The minimum Gasteiger partial charge on any atom is -0.402 e. The summed E-state index contributed by atoms with van der Waals surface area (Å²) >= 11 is 0. The number of benzene rings is 2. The maximum Gasteiger partial charge on any atom is 0.252 e. The van der Waals surface area contributed by atoms with E-state index >= 15 is 0 Å². The molecule has 0 aliphatic rings. The predicted octanol–water partition coefficient (Wildman–Crippen LogP) is 4.70. The quantitative estimate of drug-likeness (QED) is 0.226. The summed E-state index contributed by atoms with van der Waals surface area (Å²) in [6.07, 6.45) is 7.03. The second-order valence-electron chi connectivity index (χ2n) is 9.16. The number of H-pyrrole nitrogens is 1. The van der Waals surface area contributed by atoms with Gasteiger partial charge in [-0.05, 0) is 48.6 Å². The summed E-state index contributed by atoms with van der Waals surface area (Å²) in [6.45, 7) is 0.581. The van der Waals surface area contributed by atoms with Crippen molar-refractivity contribution < 1.29 is 4.79 Å². The molecule has 0 radical (unpaired) electrons. The number of hydrogen-bond acceptors (Lipinski definition) is 4. The summed E-state index contributed by atoms with van der Waals surface area (Å²) in [5, 5.41) is 2.79. The first-order chi connectivity index (χ1) is 18.0. The van der Waals surface area contributed by atoms with Gasteiger partial charge in [-0.25, -0.2) is 0 Å². The van der Waals surface area contributed by atoms with Gasteiger partial charge >= 0.3 is 0 Å². The number of anilines is 2. The van der Waals surface area contributed by atoms with E-state index in [-0.39, 0.29) is 17.9 Å². The maximum absolute atomic E-state index is 12.5. The molecule has 6 N–H and O–H groups in total. The Morgan fingerprint density at radius 1 is 0.946 bits per heavy atom. The van der Waals surface area contributed by atoms with E-state index in [0.717, 1.165) is 41.8 Å². The molecule has 0 bridgehead atoms. The first-order valence-electron chi connectivity index (χ1n) is 12.5. The van der Waals surface area contributed by atoms with Crippen molar-refractivity contribution in [1.82, 2.24) is 9.55 Å². The molecule has 190 valence electrons. The number of aromatic amines is 1. The van der Waals surface area contributed by atoms with E-state index in [9.17, 15) is 9.59 Å². The molecule has 0 spiro atoms. The number of carbonyl (C=O) groups is 1. The van der Waals surface area contributed by atoms with Gasteiger partial charge in [-0.1, -0.05) is 60.7 Å². The van der Waals surface area contributed by atoms with Gasteiger partial charge in [0, 0.05) is 47.9 Å². The van der Waals surface area contributed by atoms with E-state index in [1.165, 1.54) is 11.6 Å². The van der Waals surface area contributed by atoms with Crippen molar-refractivity contribution in [2.24, 2.45) is 5.73 Å². The molecule has 7 nitrogen and oxygen atoms in total. The molecule has 7 heteroatoms. The molecule has 0 saturated carbocycles. The first kappa shape index (κ1) is 25.6. The molecule has 0 unspecified atom stereocenters. The number of allylic oxidation sites excluding steroid dienone is 1. The molecular weight excluding hydrogens is 462 g/mol. The van der Waals surface area contributed by atoms with Crippen LogP contribution in [0, 0.1) is 0 Å². The minimum atomic E-state index is -0.152. The number of rotatable bonds is 11. The Balaban J connectivity index is 1.23. The van der Waals surface area contributed by atoms with Crippen molar-refractivity contribution in [1.29, 1.82) is 0 Å². The number of nitrogens with one attached hydrogen (secondary N) is 2. The monoisotopic (exact) mass is 495 g/mol. The van der Waals surface area contributed by atoms with Crippen LogP contribution in [0.2, 0.25) is 0 Å². The highest BCUT2D eigenvalue weighted by Gasteiger charge is 2.07. The zero-order valence-corrected chi connectivity index (χ0v) is 20.8. The number of carbonyl (C=O) groups excluding carboxylic acids is 1. The highest BCUT2D eigenvalue weighted by Crippen LogP contribution is 2.20. The van der Waals surface area contributed by atoms with Crippen LogP contribution in [-0.4, -0.2) is 15.5 Å². The number of hydrogen-bond donors (Lipinski definition) is 4. The summed E-state index contributed by atoms with van der Waals surface area (Å²) in [4.78, 5) is 28.0. The van der Waals surface area contributed by atoms with Crippen LogP contribution in [0.4, 0.5) is 11.5 Å². The third kappa shape index (κ3) is 7.73. The topological polar surface area (TPSA) is 119 Å². The minimum absolute atomic E-state index is 0.146. The second kappa shape index (κ2) is 12.4. The summed E-state index contributed by atoms with van der Waals surface area (Å²) in [5.74, 6) is 0.456. The van der Waals surface area contributed by atoms with Crippen molar-refractivity contribution in [2.45, 2.75) is 38.6 Å².